The number of carbonyl (C=O) groups excluding carboxylic acids is 4. The van der Waals surface area contributed by atoms with Crippen molar-refractivity contribution in [3.63, 3.8) is 0 Å². The Balaban J connectivity index is 1.52. The van der Waals surface area contributed by atoms with Gasteiger partial charge in [0.1, 0.15) is 13.2 Å². The molecule has 0 atom stereocenters. The summed E-state index contributed by atoms with van der Waals surface area (Å²) in [6.07, 6.45) is 9.04. The molecule has 2 aliphatic carbocycles. The van der Waals surface area contributed by atoms with Crippen molar-refractivity contribution in [2.75, 3.05) is 40.6 Å². The molecular weight excluding hydrogens is 456 g/mol. The second-order valence-corrected chi connectivity index (χ2v) is 9.50. The predicted molar refractivity (Wildman–Crippen MR) is 126 cm³/mol. The van der Waals surface area contributed by atoms with Crippen molar-refractivity contribution in [1.82, 2.24) is 0 Å². The highest BCUT2D eigenvalue weighted by Crippen LogP contribution is 2.28. The van der Waals surface area contributed by atoms with E-state index in [9.17, 15) is 19.2 Å². The first-order valence-electron chi connectivity index (χ1n) is 13.0. The zero-order valence-electron chi connectivity index (χ0n) is 21.3. The zero-order valence-corrected chi connectivity index (χ0v) is 21.3. The Hall–Kier alpha value is -2.16. The van der Waals surface area contributed by atoms with E-state index in [1.54, 1.807) is 0 Å². The smallest absolute Gasteiger partial charge is 0.309 e. The summed E-state index contributed by atoms with van der Waals surface area (Å²) in [5.41, 5.74) is 0. The fourth-order valence-corrected chi connectivity index (χ4v) is 5.04. The van der Waals surface area contributed by atoms with E-state index in [0.717, 1.165) is 51.4 Å². The molecule has 0 spiro atoms. The number of methoxy groups -OCH3 is 2. The van der Waals surface area contributed by atoms with Crippen LogP contribution in [0.25, 0.3) is 0 Å². The normalized spacial score (nSPS) is 25.7. The molecule has 0 aromatic heterocycles. The maximum absolute atomic E-state index is 12.4. The SMILES string of the molecule is COC(=O)C1CCCC(C(=O)OCCOCCOC(=O)C2CCCC(C(=O)OC)CCC2)CCC1. The van der Waals surface area contributed by atoms with Crippen LogP contribution in [-0.4, -0.2) is 64.5 Å². The molecule has 2 fully saturated rings. The molecule has 2 aliphatic rings. The van der Waals surface area contributed by atoms with Crippen LogP contribution in [0.15, 0.2) is 0 Å². The first-order chi connectivity index (χ1) is 17.0. The average Bonchev–Trinajstić information content (AvgIpc) is 2.82. The van der Waals surface area contributed by atoms with E-state index in [1.165, 1.54) is 14.2 Å². The molecule has 0 N–H and O–H groups in total. The van der Waals surface area contributed by atoms with E-state index < -0.39 is 0 Å². The van der Waals surface area contributed by atoms with Gasteiger partial charge in [-0.15, -0.1) is 0 Å². The van der Waals surface area contributed by atoms with Gasteiger partial charge in [0.25, 0.3) is 0 Å². The van der Waals surface area contributed by atoms with Gasteiger partial charge in [-0.2, -0.15) is 0 Å². The van der Waals surface area contributed by atoms with Crippen molar-refractivity contribution in [3.8, 4) is 0 Å². The third kappa shape index (κ3) is 10.5. The molecule has 0 radical (unpaired) electrons. The molecule has 0 heterocycles. The fraction of sp³-hybridized carbons (Fsp3) is 0.846. The average molecular weight is 499 g/mol. The quantitative estimate of drug-likeness (QED) is 0.253. The molecule has 9 heteroatoms. The van der Waals surface area contributed by atoms with Gasteiger partial charge in [0.2, 0.25) is 0 Å². The summed E-state index contributed by atoms with van der Waals surface area (Å²) < 4.78 is 25.8. The van der Waals surface area contributed by atoms with Crippen LogP contribution in [0, 0.1) is 23.7 Å². The summed E-state index contributed by atoms with van der Waals surface area (Å²) in [5.74, 6) is -1.15. The maximum atomic E-state index is 12.4. The van der Waals surface area contributed by atoms with E-state index in [1.807, 2.05) is 0 Å². The molecule has 0 aromatic rings. The van der Waals surface area contributed by atoms with E-state index in [4.69, 9.17) is 23.7 Å². The minimum Gasteiger partial charge on any atom is -0.469 e. The fourth-order valence-electron chi connectivity index (χ4n) is 5.04. The predicted octanol–water partition coefficient (Wildman–Crippen LogP) is 3.61. The molecule has 0 aliphatic heterocycles. The van der Waals surface area contributed by atoms with Crippen molar-refractivity contribution in [1.29, 1.82) is 0 Å². The lowest BCUT2D eigenvalue weighted by molar-refractivity contribution is -0.152. The Morgan fingerprint density at radius 1 is 0.486 bits per heavy atom. The second kappa shape index (κ2) is 16.5. The van der Waals surface area contributed by atoms with Gasteiger partial charge in [-0.05, 0) is 51.4 Å². The molecular formula is C26H42O9. The molecule has 0 aromatic carbocycles. The van der Waals surface area contributed by atoms with Crippen LogP contribution in [0.2, 0.25) is 0 Å². The topological polar surface area (TPSA) is 114 Å². The Kier molecular flexibility index (Phi) is 13.7. The lowest BCUT2D eigenvalue weighted by Crippen LogP contribution is -2.25. The van der Waals surface area contributed by atoms with Gasteiger partial charge < -0.3 is 23.7 Å². The van der Waals surface area contributed by atoms with Gasteiger partial charge >= 0.3 is 23.9 Å². The lowest BCUT2D eigenvalue weighted by atomic mass is 9.86. The largest absolute Gasteiger partial charge is 0.469 e. The van der Waals surface area contributed by atoms with Crippen LogP contribution in [-0.2, 0) is 42.9 Å². The van der Waals surface area contributed by atoms with Crippen LogP contribution in [0.3, 0.4) is 0 Å². The molecule has 200 valence electrons. The Labute approximate surface area is 208 Å². The minimum atomic E-state index is -0.213. The van der Waals surface area contributed by atoms with Crippen molar-refractivity contribution < 1.29 is 42.9 Å². The van der Waals surface area contributed by atoms with Crippen LogP contribution in [0.1, 0.15) is 77.0 Å². The van der Waals surface area contributed by atoms with E-state index >= 15 is 0 Å². The van der Waals surface area contributed by atoms with Gasteiger partial charge in [-0.25, -0.2) is 0 Å². The van der Waals surface area contributed by atoms with E-state index in [0.29, 0.717) is 25.7 Å². The van der Waals surface area contributed by atoms with Gasteiger partial charge in [-0.1, -0.05) is 25.7 Å². The van der Waals surface area contributed by atoms with Crippen LogP contribution < -0.4 is 0 Å². The standard InChI is InChI=1S/C26H42O9/c1-31-23(27)19-7-3-11-21(12-4-8-19)25(29)34-17-15-33-16-18-35-26(30)22-13-5-9-20(10-6-14-22)24(28)32-2/h19-22H,3-18H2,1-2H3. The zero-order chi connectivity index (χ0) is 25.5. The molecule has 2 rings (SSSR count). The third-order valence-electron chi connectivity index (χ3n) is 7.10. The summed E-state index contributed by atoms with van der Waals surface area (Å²) in [4.78, 5) is 48.1. The number of hydrogen-bond donors (Lipinski definition) is 0. The highest BCUT2D eigenvalue weighted by atomic mass is 16.6. The molecule has 2 saturated carbocycles. The Bertz CT molecular complexity index is 602. The molecule has 9 nitrogen and oxygen atoms in total. The molecule has 0 amide bonds. The highest BCUT2D eigenvalue weighted by Gasteiger charge is 2.28. The first kappa shape index (κ1) is 29.1. The molecule has 35 heavy (non-hydrogen) atoms. The van der Waals surface area contributed by atoms with Crippen molar-refractivity contribution in [2.24, 2.45) is 23.7 Å². The Morgan fingerprint density at radius 3 is 1.06 bits per heavy atom. The molecule has 0 saturated heterocycles. The summed E-state index contributed by atoms with van der Waals surface area (Å²) in [6.45, 7) is 0.827. The first-order valence-corrected chi connectivity index (χ1v) is 13.0. The number of hydrogen-bond acceptors (Lipinski definition) is 9. The number of ether oxygens (including phenoxy) is 5. The van der Waals surface area contributed by atoms with Crippen LogP contribution in [0.5, 0.6) is 0 Å². The van der Waals surface area contributed by atoms with Crippen molar-refractivity contribution >= 4 is 23.9 Å². The molecule has 0 bridgehead atoms. The van der Waals surface area contributed by atoms with Gasteiger partial charge in [-0.3, -0.25) is 19.2 Å². The number of esters is 4. The molecule has 0 unspecified atom stereocenters. The summed E-state index contributed by atoms with van der Waals surface area (Å²) in [7, 11) is 2.83. The van der Waals surface area contributed by atoms with E-state index in [-0.39, 0.29) is 74.0 Å². The summed E-state index contributed by atoms with van der Waals surface area (Å²) in [6, 6.07) is 0. The number of carbonyl (C=O) groups is 4. The second-order valence-electron chi connectivity index (χ2n) is 9.50. The maximum Gasteiger partial charge on any atom is 0.309 e. The number of rotatable bonds is 10. The summed E-state index contributed by atoms with van der Waals surface area (Å²) >= 11 is 0. The lowest BCUT2D eigenvalue weighted by Gasteiger charge is -2.22. The van der Waals surface area contributed by atoms with Gasteiger partial charge in [0, 0.05) is 0 Å². The highest BCUT2D eigenvalue weighted by molar-refractivity contribution is 5.74. The van der Waals surface area contributed by atoms with Crippen LogP contribution in [0.4, 0.5) is 0 Å². The third-order valence-corrected chi connectivity index (χ3v) is 7.10. The minimum absolute atomic E-state index is 0.0644. The summed E-state index contributed by atoms with van der Waals surface area (Å²) in [5, 5.41) is 0. The van der Waals surface area contributed by atoms with Gasteiger partial charge in [0.05, 0.1) is 51.1 Å². The monoisotopic (exact) mass is 498 g/mol. The van der Waals surface area contributed by atoms with Crippen molar-refractivity contribution in [3.05, 3.63) is 0 Å². The van der Waals surface area contributed by atoms with E-state index in [2.05, 4.69) is 0 Å². The van der Waals surface area contributed by atoms with Gasteiger partial charge in [0.15, 0.2) is 0 Å². The van der Waals surface area contributed by atoms with Crippen molar-refractivity contribution in [2.45, 2.75) is 77.0 Å². The van der Waals surface area contributed by atoms with Crippen LogP contribution >= 0.6 is 0 Å². The Morgan fingerprint density at radius 2 is 0.771 bits per heavy atom.